The molecule has 1 aliphatic rings. The molecule has 1 amide bonds. The van der Waals surface area contributed by atoms with E-state index in [9.17, 15) is 9.59 Å². The van der Waals surface area contributed by atoms with E-state index in [1.54, 1.807) is 18.5 Å². The number of carbonyl (C=O) groups is 1. The number of nitrogens with one attached hydrogen (secondary N) is 1. The Kier molecular flexibility index (Phi) is 3.79. The highest BCUT2D eigenvalue weighted by atomic mass is 16.2. The fraction of sp³-hybridized carbons (Fsp3) is 0.353. The van der Waals surface area contributed by atoms with Crippen LogP contribution in [0.5, 0.6) is 0 Å². The fourth-order valence-electron chi connectivity index (χ4n) is 2.79. The molecular weight excluding hydrogens is 278 g/mol. The van der Waals surface area contributed by atoms with Crippen LogP contribution in [0.4, 0.5) is 0 Å². The molecule has 5 nitrogen and oxygen atoms in total. The zero-order chi connectivity index (χ0) is 15.7. The van der Waals surface area contributed by atoms with Crippen LogP contribution in [0.15, 0.2) is 41.5 Å². The van der Waals surface area contributed by atoms with Gasteiger partial charge in [-0.1, -0.05) is 13.8 Å². The van der Waals surface area contributed by atoms with Crippen molar-refractivity contribution in [3.8, 4) is 0 Å². The Morgan fingerprint density at radius 3 is 2.55 bits per heavy atom. The molecule has 0 saturated carbocycles. The van der Waals surface area contributed by atoms with Crippen LogP contribution in [-0.2, 0) is 0 Å². The molecule has 114 valence electrons. The third-order valence-electron chi connectivity index (χ3n) is 4.10. The standard InChI is InChI=1S/C17H19N3O2/c1-11(2)16-14(3-4-15(21)19-16)17(22)20-9-13(10-20)12-5-7-18-8-6-12/h3-8,11,13H,9-10H2,1-2H3,(H,19,21). The van der Waals surface area contributed by atoms with E-state index in [-0.39, 0.29) is 17.4 Å². The summed E-state index contributed by atoms with van der Waals surface area (Å²) < 4.78 is 0. The molecule has 0 aromatic carbocycles. The van der Waals surface area contributed by atoms with Crippen molar-refractivity contribution in [2.75, 3.05) is 13.1 Å². The highest BCUT2D eigenvalue weighted by Gasteiger charge is 2.33. The second-order valence-corrected chi connectivity index (χ2v) is 5.99. The first-order valence-corrected chi connectivity index (χ1v) is 7.48. The van der Waals surface area contributed by atoms with Gasteiger partial charge in [0.1, 0.15) is 0 Å². The first-order chi connectivity index (χ1) is 10.6. The van der Waals surface area contributed by atoms with Crippen molar-refractivity contribution < 1.29 is 4.79 Å². The van der Waals surface area contributed by atoms with Gasteiger partial charge in [-0.2, -0.15) is 0 Å². The van der Waals surface area contributed by atoms with Crippen molar-refractivity contribution in [3.63, 3.8) is 0 Å². The van der Waals surface area contributed by atoms with Gasteiger partial charge < -0.3 is 9.88 Å². The minimum absolute atomic E-state index is 0.00902. The minimum Gasteiger partial charge on any atom is -0.337 e. The zero-order valence-electron chi connectivity index (χ0n) is 12.7. The van der Waals surface area contributed by atoms with Gasteiger partial charge in [-0.15, -0.1) is 0 Å². The number of H-pyrrole nitrogens is 1. The summed E-state index contributed by atoms with van der Waals surface area (Å²) in [5, 5.41) is 0. The van der Waals surface area contributed by atoms with E-state index in [0.29, 0.717) is 30.3 Å². The summed E-state index contributed by atoms with van der Waals surface area (Å²) in [6.45, 7) is 5.36. The molecule has 5 heteroatoms. The Morgan fingerprint density at radius 2 is 1.91 bits per heavy atom. The van der Waals surface area contributed by atoms with E-state index in [1.165, 1.54) is 11.6 Å². The number of amides is 1. The molecule has 2 aromatic heterocycles. The number of aromatic nitrogens is 2. The lowest BCUT2D eigenvalue weighted by Crippen LogP contribution is -2.48. The van der Waals surface area contributed by atoms with E-state index in [4.69, 9.17) is 0 Å². The molecule has 22 heavy (non-hydrogen) atoms. The topological polar surface area (TPSA) is 66.1 Å². The lowest BCUT2D eigenvalue weighted by Gasteiger charge is -2.40. The summed E-state index contributed by atoms with van der Waals surface area (Å²) >= 11 is 0. The summed E-state index contributed by atoms with van der Waals surface area (Å²) in [6.07, 6.45) is 3.55. The molecule has 0 unspecified atom stereocenters. The van der Waals surface area contributed by atoms with Gasteiger partial charge in [-0.25, -0.2) is 0 Å². The van der Waals surface area contributed by atoms with Crippen LogP contribution in [0.1, 0.15) is 47.3 Å². The second-order valence-electron chi connectivity index (χ2n) is 5.99. The molecule has 1 saturated heterocycles. The highest BCUT2D eigenvalue weighted by Crippen LogP contribution is 2.29. The van der Waals surface area contributed by atoms with Crippen LogP contribution in [-0.4, -0.2) is 33.9 Å². The maximum absolute atomic E-state index is 12.6. The third-order valence-corrected chi connectivity index (χ3v) is 4.10. The maximum atomic E-state index is 12.6. The van der Waals surface area contributed by atoms with Gasteiger partial charge >= 0.3 is 0 Å². The van der Waals surface area contributed by atoms with Crippen LogP contribution in [0, 0.1) is 0 Å². The van der Waals surface area contributed by atoms with Crippen molar-refractivity contribution >= 4 is 5.91 Å². The van der Waals surface area contributed by atoms with E-state index in [0.717, 1.165) is 0 Å². The molecule has 0 bridgehead atoms. The Labute approximate surface area is 129 Å². The number of aromatic amines is 1. The SMILES string of the molecule is CC(C)c1[nH]c(=O)ccc1C(=O)N1CC(c2ccncc2)C1. The molecule has 1 aliphatic heterocycles. The average molecular weight is 297 g/mol. The zero-order valence-corrected chi connectivity index (χ0v) is 12.7. The molecule has 0 aliphatic carbocycles. The van der Waals surface area contributed by atoms with Crippen LogP contribution in [0.2, 0.25) is 0 Å². The second kappa shape index (κ2) is 5.75. The Hall–Kier alpha value is -2.43. The van der Waals surface area contributed by atoms with E-state index in [1.807, 2.05) is 30.9 Å². The molecule has 3 rings (SSSR count). The van der Waals surface area contributed by atoms with Gasteiger partial charge in [0.2, 0.25) is 5.56 Å². The van der Waals surface area contributed by atoms with Crippen LogP contribution in [0.3, 0.4) is 0 Å². The van der Waals surface area contributed by atoms with Gasteiger partial charge in [0, 0.05) is 43.2 Å². The van der Waals surface area contributed by atoms with E-state index in [2.05, 4.69) is 9.97 Å². The maximum Gasteiger partial charge on any atom is 0.255 e. The number of pyridine rings is 2. The van der Waals surface area contributed by atoms with Crippen molar-refractivity contribution in [3.05, 3.63) is 63.8 Å². The lowest BCUT2D eigenvalue weighted by molar-refractivity contribution is 0.0600. The summed E-state index contributed by atoms with van der Waals surface area (Å²) in [4.78, 5) is 32.7. The normalized spacial score (nSPS) is 15.0. The first-order valence-electron chi connectivity index (χ1n) is 7.48. The van der Waals surface area contributed by atoms with Gasteiger partial charge in [0.15, 0.2) is 0 Å². The van der Waals surface area contributed by atoms with Crippen molar-refractivity contribution in [2.24, 2.45) is 0 Å². The van der Waals surface area contributed by atoms with Gasteiger partial charge in [-0.05, 0) is 29.7 Å². The molecule has 1 N–H and O–H groups in total. The summed E-state index contributed by atoms with van der Waals surface area (Å²) in [6, 6.07) is 7.04. The van der Waals surface area contributed by atoms with Gasteiger partial charge in [0.25, 0.3) is 5.91 Å². The monoisotopic (exact) mass is 297 g/mol. The Balaban J connectivity index is 1.76. The number of hydrogen-bond acceptors (Lipinski definition) is 3. The first kappa shape index (κ1) is 14.5. The highest BCUT2D eigenvalue weighted by molar-refractivity contribution is 5.96. The van der Waals surface area contributed by atoms with Gasteiger partial charge in [0.05, 0.1) is 5.56 Å². The number of nitrogens with zero attached hydrogens (tertiary/aromatic N) is 2. The largest absolute Gasteiger partial charge is 0.337 e. The van der Waals surface area contributed by atoms with Gasteiger partial charge in [-0.3, -0.25) is 14.6 Å². The minimum atomic E-state index is -0.168. The van der Waals surface area contributed by atoms with Crippen molar-refractivity contribution in [1.29, 1.82) is 0 Å². The van der Waals surface area contributed by atoms with Crippen LogP contribution >= 0.6 is 0 Å². The smallest absolute Gasteiger partial charge is 0.255 e. The fourth-order valence-corrected chi connectivity index (χ4v) is 2.79. The number of hydrogen-bond donors (Lipinski definition) is 1. The summed E-state index contributed by atoms with van der Waals surface area (Å²) in [5.41, 5.74) is 2.36. The Bertz CT molecular complexity index is 731. The van der Waals surface area contributed by atoms with E-state index >= 15 is 0 Å². The molecular formula is C17H19N3O2. The lowest BCUT2D eigenvalue weighted by atomic mass is 9.91. The Morgan fingerprint density at radius 1 is 1.23 bits per heavy atom. The quantitative estimate of drug-likeness (QED) is 0.944. The van der Waals surface area contributed by atoms with Crippen LogP contribution in [0.25, 0.3) is 0 Å². The third kappa shape index (κ3) is 2.66. The number of rotatable bonds is 3. The molecule has 0 radical (unpaired) electrons. The molecule has 0 spiro atoms. The predicted molar refractivity (Wildman–Crippen MR) is 84.0 cm³/mol. The molecule has 0 atom stereocenters. The van der Waals surface area contributed by atoms with Crippen molar-refractivity contribution in [2.45, 2.75) is 25.7 Å². The van der Waals surface area contributed by atoms with E-state index < -0.39 is 0 Å². The van der Waals surface area contributed by atoms with Crippen molar-refractivity contribution in [1.82, 2.24) is 14.9 Å². The van der Waals surface area contributed by atoms with Crippen LogP contribution < -0.4 is 5.56 Å². The molecule has 2 aromatic rings. The summed E-state index contributed by atoms with van der Waals surface area (Å²) in [5.74, 6) is 0.465. The predicted octanol–water partition coefficient (Wildman–Crippen LogP) is 2.13. The summed E-state index contributed by atoms with van der Waals surface area (Å²) in [7, 11) is 0. The number of likely N-dealkylation sites (tertiary alicyclic amines) is 1. The average Bonchev–Trinajstić information content (AvgIpc) is 2.46. The molecule has 3 heterocycles. The molecule has 1 fully saturated rings. The number of carbonyl (C=O) groups excluding carboxylic acids is 1.